The summed E-state index contributed by atoms with van der Waals surface area (Å²) in [4.78, 5) is 15.9. The van der Waals surface area contributed by atoms with Gasteiger partial charge in [-0.2, -0.15) is 13.2 Å². The molecule has 0 radical (unpaired) electrons. The monoisotopic (exact) mass is 347 g/mol. The number of rotatable bonds is 3. The summed E-state index contributed by atoms with van der Waals surface area (Å²) < 4.78 is 43.1. The number of carboxylic acid groups (broad SMARTS) is 1. The highest BCUT2D eigenvalue weighted by molar-refractivity contribution is 6.04. The van der Waals surface area contributed by atoms with Crippen LogP contribution in [0.3, 0.4) is 0 Å². The lowest BCUT2D eigenvalue weighted by Crippen LogP contribution is -2.04. The number of carbonyl (C=O) groups is 1. The standard InChI is InChI=1S/C18H12F3NO3/c1-25-12-6-7-13-14(17(23)24)9-15(22-16(13)8-12)10-2-4-11(5-3-10)18(19,20)21/h2-9H,1H3,(H,23,24). The first-order valence-corrected chi connectivity index (χ1v) is 7.19. The normalized spacial score (nSPS) is 11.5. The number of hydrogen-bond donors (Lipinski definition) is 1. The number of benzene rings is 2. The van der Waals surface area contributed by atoms with Crippen molar-refractivity contribution < 1.29 is 27.8 Å². The number of fused-ring (bicyclic) bond motifs is 1. The Balaban J connectivity index is 2.17. The van der Waals surface area contributed by atoms with E-state index in [9.17, 15) is 23.1 Å². The smallest absolute Gasteiger partial charge is 0.416 e. The van der Waals surface area contributed by atoms with E-state index in [1.807, 2.05) is 0 Å². The third-order valence-electron chi connectivity index (χ3n) is 3.76. The van der Waals surface area contributed by atoms with E-state index in [-0.39, 0.29) is 11.3 Å². The van der Waals surface area contributed by atoms with Crippen LogP contribution in [0.2, 0.25) is 0 Å². The number of aromatic carboxylic acids is 1. The zero-order valence-electron chi connectivity index (χ0n) is 13.0. The number of aromatic nitrogens is 1. The topological polar surface area (TPSA) is 59.4 Å². The molecule has 25 heavy (non-hydrogen) atoms. The summed E-state index contributed by atoms with van der Waals surface area (Å²) in [6.45, 7) is 0. The molecule has 128 valence electrons. The summed E-state index contributed by atoms with van der Waals surface area (Å²) >= 11 is 0. The van der Waals surface area contributed by atoms with Gasteiger partial charge in [-0.3, -0.25) is 0 Å². The quantitative estimate of drug-likeness (QED) is 0.751. The molecule has 0 aliphatic heterocycles. The van der Waals surface area contributed by atoms with Crippen LogP contribution in [-0.4, -0.2) is 23.2 Å². The Bertz CT molecular complexity index is 950. The van der Waals surface area contributed by atoms with Crippen LogP contribution in [0, 0.1) is 0 Å². The fraction of sp³-hybridized carbons (Fsp3) is 0.111. The third kappa shape index (κ3) is 3.26. The van der Waals surface area contributed by atoms with Gasteiger partial charge in [0, 0.05) is 17.0 Å². The van der Waals surface area contributed by atoms with Crippen molar-refractivity contribution >= 4 is 16.9 Å². The second kappa shape index (κ2) is 6.08. The number of nitrogens with zero attached hydrogens (tertiary/aromatic N) is 1. The van der Waals surface area contributed by atoms with Gasteiger partial charge in [-0.15, -0.1) is 0 Å². The van der Waals surface area contributed by atoms with Crippen molar-refractivity contribution in [3.8, 4) is 17.0 Å². The molecule has 0 aliphatic carbocycles. The Labute approximate surface area is 140 Å². The number of alkyl halides is 3. The summed E-state index contributed by atoms with van der Waals surface area (Å²) in [5.41, 5.74) is 0.279. The fourth-order valence-corrected chi connectivity index (χ4v) is 2.49. The highest BCUT2D eigenvalue weighted by Gasteiger charge is 2.30. The Morgan fingerprint density at radius 3 is 2.32 bits per heavy atom. The molecule has 0 atom stereocenters. The molecule has 4 nitrogen and oxygen atoms in total. The highest BCUT2D eigenvalue weighted by Crippen LogP contribution is 2.32. The van der Waals surface area contributed by atoms with Crippen molar-refractivity contribution in [3.63, 3.8) is 0 Å². The Kier molecular flexibility index (Phi) is 4.08. The van der Waals surface area contributed by atoms with Crippen LogP contribution in [-0.2, 0) is 6.18 Å². The molecule has 1 heterocycles. The highest BCUT2D eigenvalue weighted by atomic mass is 19.4. The Morgan fingerprint density at radius 1 is 1.08 bits per heavy atom. The predicted octanol–water partition coefficient (Wildman–Crippen LogP) is 4.63. The Morgan fingerprint density at radius 2 is 1.76 bits per heavy atom. The van der Waals surface area contributed by atoms with Gasteiger partial charge in [0.25, 0.3) is 0 Å². The first kappa shape index (κ1) is 16.8. The van der Waals surface area contributed by atoms with Gasteiger partial charge in [0.2, 0.25) is 0 Å². The second-order valence-electron chi connectivity index (χ2n) is 5.32. The van der Waals surface area contributed by atoms with Gasteiger partial charge in [-0.1, -0.05) is 12.1 Å². The zero-order chi connectivity index (χ0) is 18.2. The lowest BCUT2D eigenvalue weighted by Gasteiger charge is -2.10. The molecule has 0 bridgehead atoms. The van der Waals surface area contributed by atoms with Crippen LogP contribution < -0.4 is 4.74 Å². The molecule has 0 aliphatic rings. The molecule has 7 heteroatoms. The van der Waals surface area contributed by atoms with Crippen molar-refractivity contribution in [1.29, 1.82) is 0 Å². The van der Waals surface area contributed by atoms with E-state index in [0.29, 0.717) is 22.2 Å². The average molecular weight is 347 g/mol. The van der Waals surface area contributed by atoms with Crippen molar-refractivity contribution in [3.05, 3.63) is 59.7 Å². The maximum Gasteiger partial charge on any atom is 0.416 e. The molecule has 0 saturated carbocycles. The van der Waals surface area contributed by atoms with E-state index in [1.165, 1.54) is 25.3 Å². The van der Waals surface area contributed by atoms with Gasteiger partial charge in [0.05, 0.1) is 29.4 Å². The molecule has 0 fully saturated rings. The van der Waals surface area contributed by atoms with Gasteiger partial charge in [0.1, 0.15) is 5.75 Å². The molecule has 3 rings (SSSR count). The number of hydrogen-bond acceptors (Lipinski definition) is 3. The summed E-state index contributed by atoms with van der Waals surface area (Å²) in [6, 6.07) is 10.5. The Hall–Kier alpha value is -3.09. The van der Waals surface area contributed by atoms with Gasteiger partial charge in [-0.25, -0.2) is 9.78 Å². The van der Waals surface area contributed by atoms with Crippen molar-refractivity contribution in [2.45, 2.75) is 6.18 Å². The molecular weight excluding hydrogens is 335 g/mol. The van der Waals surface area contributed by atoms with Crippen LogP contribution in [0.5, 0.6) is 5.75 Å². The van der Waals surface area contributed by atoms with E-state index in [1.54, 1.807) is 18.2 Å². The molecule has 0 spiro atoms. The number of pyridine rings is 1. The number of methoxy groups -OCH3 is 1. The lowest BCUT2D eigenvalue weighted by atomic mass is 10.0. The van der Waals surface area contributed by atoms with Crippen LogP contribution in [0.4, 0.5) is 13.2 Å². The van der Waals surface area contributed by atoms with Crippen molar-refractivity contribution in [2.24, 2.45) is 0 Å². The van der Waals surface area contributed by atoms with Crippen LogP contribution >= 0.6 is 0 Å². The summed E-state index contributed by atoms with van der Waals surface area (Å²) in [5, 5.41) is 9.84. The number of carboxylic acids is 1. The maximum absolute atomic E-state index is 12.7. The third-order valence-corrected chi connectivity index (χ3v) is 3.76. The first-order chi connectivity index (χ1) is 11.8. The first-order valence-electron chi connectivity index (χ1n) is 7.19. The van der Waals surface area contributed by atoms with Gasteiger partial charge >= 0.3 is 12.1 Å². The molecule has 0 saturated heterocycles. The molecule has 3 aromatic rings. The van der Waals surface area contributed by atoms with Gasteiger partial charge in [0.15, 0.2) is 0 Å². The summed E-state index contributed by atoms with van der Waals surface area (Å²) in [5.74, 6) is -0.647. The molecule has 1 N–H and O–H groups in total. The van der Waals surface area contributed by atoms with E-state index in [2.05, 4.69) is 4.98 Å². The largest absolute Gasteiger partial charge is 0.497 e. The number of ether oxygens (including phenoxy) is 1. The van der Waals surface area contributed by atoms with E-state index < -0.39 is 17.7 Å². The number of halogens is 3. The van der Waals surface area contributed by atoms with Gasteiger partial charge < -0.3 is 9.84 Å². The predicted molar refractivity (Wildman–Crippen MR) is 85.7 cm³/mol. The maximum atomic E-state index is 12.7. The SMILES string of the molecule is COc1ccc2c(C(=O)O)cc(-c3ccc(C(F)(F)F)cc3)nc2c1. The molecule has 0 amide bonds. The van der Waals surface area contributed by atoms with E-state index in [4.69, 9.17) is 4.74 Å². The molecular formula is C18H12F3NO3. The minimum absolute atomic E-state index is 0.0163. The molecule has 2 aromatic carbocycles. The minimum Gasteiger partial charge on any atom is -0.497 e. The van der Waals surface area contributed by atoms with Crippen LogP contribution in [0.15, 0.2) is 48.5 Å². The summed E-state index contributed by atoms with van der Waals surface area (Å²) in [7, 11) is 1.47. The lowest BCUT2D eigenvalue weighted by molar-refractivity contribution is -0.137. The second-order valence-corrected chi connectivity index (χ2v) is 5.32. The van der Waals surface area contributed by atoms with Crippen molar-refractivity contribution in [1.82, 2.24) is 4.98 Å². The van der Waals surface area contributed by atoms with Crippen LogP contribution in [0.25, 0.3) is 22.2 Å². The fourth-order valence-electron chi connectivity index (χ4n) is 2.49. The molecule has 1 aromatic heterocycles. The van der Waals surface area contributed by atoms with E-state index >= 15 is 0 Å². The van der Waals surface area contributed by atoms with E-state index in [0.717, 1.165) is 12.1 Å². The zero-order valence-corrected chi connectivity index (χ0v) is 13.0. The van der Waals surface area contributed by atoms with Crippen LogP contribution in [0.1, 0.15) is 15.9 Å². The molecule has 0 unspecified atom stereocenters. The van der Waals surface area contributed by atoms with Gasteiger partial charge in [-0.05, 0) is 30.3 Å². The van der Waals surface area contributed by atoms with Crippen molar-refractivity contribution in [2.75, 3.05) is 7.11 Å². The summed E-state index contributed by atoms with van der Waals surface area (Å²) in [6.07, 6.45) is -4.44. The minimum atomic E-state index is -4.44. The average Bonchev–Trinajstić information content (AvgIpc) is 2.59.